The summed E-state index contributed by atoms with van der Waals surface area (Å²) >= 11 is 0. The molecule has 0 aromatic heterocycles. The fraction of sp³-hybridized carbons (Fsp3) is 0.174. The van der Waals surface area contributed by atoms with Crippen molar-refractivity contribution in [2.45, 2.75) is 18.2 Å². The SMILES string of the molecule is Cc1ccc(S(=O)(=O)Nc2ccc(NC(=O)Cc3ccc4c(c3)OCCO4)cc2)cc1. The number of sulfonamides is 1. The van der Waals surface area contributed by atoms with E-state index < -0.39 is 10.0 Å². The molecule has 160 valence electrons. The van der Waals surface area contributed by atoms with Crippen LogP contribution in [0.15, 0.2) is 71.6 Å². The van der Waals surface area contributed by atoms with Crippen LogP contribution in [0.1, 0.15) is 11.1 Å². The van der Waals surface area contributed by atoms with Gasteiger partial charge < -0.3 is 14.8 Å². The quantitative estimate of drug-likeness (QED) is 0.611. The van der Waals surface area contributed by atoms with Crippen LogP contribution < -0.4 is 19.5 Å². The fourth-order valence-electron chi connectivity index (χ4n) is 3.14. The summed E-state index contributed by atoms with van der Waals surface area (Å²) in [6.07, 6.45) is 0.179. The number of amides is 1. The van der Waals surface area contributed by atoms with Crippen LogP contribution in [0, 0.1) is 6.92 Å². The number of rotatable bonds is 6. The highest BCUT2D eigenvalue weighted by molar-refractivity contribution is 7.92. The molecule has 0 fully saturated rings. The minimum absolute atomic E-state index is 0.179. The van der Waals surface area contributed by atoms with Crippen molar-refractivity contribution >= 4 is 27.3 Å². The summed E-state index contributed by atoms with van der Waals surface area (Å²) in [4.78, 5) is 12.6. The zero-order chi connectivity index (χ0) is 21.8. The minimum atomic E-state index is -3.67. The third-order valence-electron chi connectivity index (χ3n) is 4.72. The molecule has 1 aliphatic heterocycles. The van der Waals surface area contributed by atoms with Crippen LogP contribution in [0.2, 0.25) is 0 Å². The smallest absolute Gasteiger partial charge is 0.261 e. The van der Waals surface area contributed by atoms with Gasteiger partial charge >= 0.3 is 0 Å². The van der Waals surface area contributed by atoms with Crippen molar-refractivity contribution in [3.63, 3.8) is 0 Å². The number of ether oxygens (including phenoxy) is 2. The van der Waals surface area contributed by atoms with Gasteiger partial charge in [0.25, 0.3) is 10.0 Å². The van der Waals surface area contributed by atoms with Gasteiger partial charge in [-0.2, -0.15) is 0 Å². The third-order valence-corrected chi connectivity index (χ3v) is 6.12. The number of carbonyl (C=O) groups excluding carboxylic acids is 1. The molecule has 2 N–H and O–H groups in total. The van der Waals surface area contributed by atoms with Gasteiger partial charge in [0.15, 0.2) is 11.5 Å². The largest absolute Gasteiger partial charge is 0.486 e. The van der Waals surface area contributed by atoms with E-state index in [1.165, 1.54) is 0 Å². The molecule has 1 amide bonds. The number of hydrogen-bond donors (Lipinski definition) is 2. The maximum atomic E-state index is 12.5. The van der Waals surface area contributed by atoms with Crippen molar-refractivity contribution in [3.05, 3.63) is 77.9 Å². The van der Waals surface area contributed by atoms with Crippen LogP contribution in [0.4, 0.5) is 11.4 Å². The van der Waals surface area contributed by atoms with Gasteiger partial charge in [-0.25, -0.2) is 8.42 Å². The topological polar surface area (TPSA) is 93.7 Å². The van der Waals surface area contributed by atoms with E-state index in [-0.39, 0.29) is 17.2 Å². The molecule has 1 heterocycles. The van der Waals surface area contributed by atoms with Gasteiger partial charge in [0.1, 0.15) is 13.2 Å². The monoisotopic (exact) mass is 438 g/mol. The summed E-state index contributed by atoms with van der Waals surface area (Å²) in [6, 6.07) is 18.5. The zero-order valence-electron chi connectivity index (χ0n) is 16.9. The second-order valence-corrected chi connectivity index (χ2v) is 8.88. The van der Waals surface area contributed by atoms with Gasteiger partial charge in [0.2, 0.25) is 5.91 Å². The molecule has 0 saturated carbocycles. The molecule has 31 heavy (non-hydrogen) atoms. The first-order valence-corrected chi connectivity index (χ1v) is 11.3. The number of fused-ring (bicyclic) bond motifs is 1. The molecule has 1 aliphatic rings. The number of carbonyl (C=O) groups is 1. The van der Waals surface area contributed by atoms with Crippen molar-refractivity contribution in [1.29, 1.82) is 0 Å². The van der Waals surface area contributed by atoms with Crippen molar-refractivity contribution in [2.75, 3.05) is 23.3 Å². The highest BCUT2D eigenvalue weighted by atomic mass is 32.2. The first-order valence-electron chi connectivity index (χ1n) is 9.77. The lowest BCUT2D eigenvalue weighted by atomic mass is 10.1. The Morgan fingerprint density at radius 2 is 1.52 bits per heavy atom. The van der Waals surface area contributed by atoms with Gasteiger partial charge in [0.05, 0.1) is 11.3 Å². The van der Waals surface area contributed by atoms with E-state index in [9.17, 15) is 13.2 Å². The number of hydrogen-bond acceptors (Lipinski definition) is 5. The van der Waals surface area contributed by atoms with Gasteiger partial charge in [0, 0.05) is 11.4 Å². The summed E-state index contributed by atoms with van der Waals surface area (Å²) < 4.78 is 38.5. The molecule has 3 aromatic rings. The highest BCUT2D eigenvalue weighted by Gasteiger charge is 2.15. The Morgan fingerprint density at radius 3 is 2.23 bits per heavy atom. The summed E-state index contributed by atoms with van der Waals surface area (Å²) in [5.74, 6) is 1.13. The van der Waals surface area contributed by atoms with Crippen LogP contribution in [0.5, 0.6) is 11.5 Å². The number of benzene rings is 3. The Labute approximate surface area is 181 Å². The molecule has 3 aromatic carbocycles. The minimum Gasteiger partial charge on any atom is -0.486 e. The molecule has 4 rings (SSSR count). The maximum Gasteiger partial charge on any atom is 0.261 e. The highest BCUT2D eigenvalue weighted by Crippen LogP contribution is 2.31. The van der Waals surface area contributed by atoms with Crippen LogP contribution >= 0.6 is 0 Å². The van der Waals surface area contributed by atoms with Gasteiger partial charge in [-0.1, -0.05) is 23.8 Å². The van der Waals surface area contributed by atoms with Crippen molar-refractivity contribution in [3.8, 4) is 11.5 Å². The zero-order valence-corrected chi connectivity index (χ0v) is 17.7. The van der Waals surface area contributed by atoms with E-state index >= 15 is 0 Å². The van der Waals surface area contributed by atoms with E-state index in [4.69, 9.17) is 9.47 Å². The maximum absolute atomic E-state index is 12.5. The van der Waals surface area contributed by atoms with Gasteiger partial charge in [-0.05, 0) is 61.0 Å². The number of anilines is 2. The summed E-state index contributed by atoms with van der Waals surface area (Å²) in [6.45, 7) is 2.90. The van der Waals surface area contributed by atoms with E-state index in [1.807, 2.05) is 13.0 Å². The molecule has 0 saturated heterocycles. The first kappa shape index (κ1) is 20.7. The Bertz CT molecular complexity index is 1190. The third kappa shape index (κ3) is 5.16. The molecule has 0 aliphatic carbocycles. The van der Waals surface area contributed by atoms with Gasteiger partial charge in [-0.3, -0.25) is 9.52 Å². The summed E-state index contributed by atoms with van der Waals surface area (Å²) in [7, 11) is -3.67. The van der Waals surface area contributed by atoms with E-state index in [0.717, 1.165) is 11.1 Å². The van der Waals surface area contributed by atoms with E-state index in [1.54, 1.807) is 60.7 Å². The number of aryl methyl sites for hydroxylation is 1. The first-order chi connectivity index (χ1) is 14.9. The normalized spacial score (nSPS) is 12.8. The molecular weight excluding hydrogens is 416 g/mol. The van der Waals surface area contributed by atoms with Crippen LogP contribution in [-0.4, -0.2) is 27.5 Å². The Hall–Kier alpha value is -3.52. The van der Waals surface area contributed by atoms with Gasteiger partial charge in [-0.15, -0.1) is 0 Å². The average Bonchev–Trinajstić information content (AvgIpc) is 2.75. The summed E-state index contributed by atoms with van der Waals surface area (Å²) in [5.41, 5.74) is 2.77. The van der Waals surface area contributed by atoms with Crippen LogP contribution in [0.3, 0.4) is 0 Å². The predicted molar refractivity (Wildman–Crippen MR) is 118 cm³/mol. The average molecular weight is 439 g/mol. The lowest BCUT2D eigenvalue weighted by Crippen LogP contribution is -2.17. The molecule has 8 heteroatoms. The Morgan fingerprint density at radius 1 is 0.871 bits per heavy atom. The Balaban J connectivity index is 1.37. The fourth-order valence-corrected chi connectivity index (χ4v) is 4.20. The van der Waals surface area contributed by atoms with Crippen molar-refractivity contribution in [1.82, 2.24) is 0 Å². The molecular formula is C23H22N2O5S. The van der Waals surface area contributed by atoms with Crippen LogP contribution in [0.25, 0.3) is 0 Å². The second-order valence-electron chi connectivity index (χ2n) is 7.20. The lowest BCUT2D eigenvalue weighted by molar-refractivity contribution is -0.115. The number of nitrogens with one attached hydrogen (secondary N) is 2. The standard InChI is InChI=1S/C23H22N2O5S/c1-16-2-9-20(10-3-16)31(27,28)25-19-7-5-18(6-8-19)24-23(26)15-17-4-11-21-22(14-17)30-13-12-29-21/h2-11,14,25H,12-13,15H2,1H3,(H,24,26). The van der Waals surface area contributed by atoms with E-state index in [0.29, 0.717) is 36.1 Å². The molecule has 7 nitrogen and oxygen atoms in total. The molecule has 0 spiro atoms. The second kappa shape index (κ2) is 8.69. The predicted octanol–water partition coefficient (Wildman–Crippen LogP) is 3.75. The summed E-state index contributed by atoms with van der Waals surface area (Å²) in [5, 5.41) is 2.81. The van der Waals surface area contributed by atoms with Crippen molar-refractivity contribution < 1.29 is 22.7 Å². The lowest BCUT2D eigenvalue weighted by Gasteiger charge is -2.18. The molecule has 0 radical (unpaired) electrons. The Kier molecular flexibility index (Phi) is 5.81. The van der Waals surface area contributed by atoms with E-state index in [2.05, 4.69) is 10.0 Å². The molecule has 0 unspecified atom stereocenters. The molecule has 0 bridgehead atoms. The molecule has 0 atom stereocenters. The van der Waals surface area contributed by atoms with Crippen LogP contribution in [-0.2, 0) is 21.2 Å². The van der Waals surface area contributed by atoms with Crippen molar-refractivity contribution in [2.24, 2.45) is 0 Å².